The fraction of sp³-hybridized carbons (Fsp3) is 0.308. The van der Waals surface area contributed by atoms with E-state index in [9.17, 15) is 9.59 Å². The van der Waals surface area contributed by atoms with Crippen LogP contribution in [0.1, 0.15) is 24.5 Å². The predicted octanol–water partition coefficient (Wildman–Crippen LogP) is 0.899. The Balaban J connectivity index is 2.19. The third-order valence-corrected chi connectivity index (χ3v) is 2.87. The smallest absolute Gasteiger partial charge is 0.242 e. The monoisotopic (exact) mass is 244 g/mol. The zero-order chi connectivity index (χ0) is 13.1. The lowest BCUT2D eigenvalue weighted by atomic mass is 9.93. The number of hydrogen-bond acceptors (Lipinski definition) is 3. The highest BCUT2D eigenvalue weighted by Crippen LogP contribution is 2.17. The number of amides is 2. The predicted molar refractivity (Wildman–Crippen MR) is 66.7 cm³/mol. The molecular weight excluding hydrogens is 230 g/mol. The van der Waals surface area contributed by atoms with Crippen LogP contribution < -0.4 is 11.2 Å². The number of nitrogens with one attached hydrogen (secondary N) is 2. The molecule has 0 aromatic heterocycles. The molecular formula is C13H14N3O2. The molecule has 2 rings (SSSR count). The first-order chi connectivity index (χ1) is 8.56. The lowest BCUT2D eigenvalue weighted by Crippen LogP contribution is -2.31. The van der Waals surface area contributed by atoms with Gasteiger partial charge in [-0.3, -0.25) is 15.3 Å². The van der Waals surface area contributed by atoms with Crippen LogP contribution >= 0.6 is 0 Å². The minimum Gasteiger partial charge on any atom is -0.273 e. The van der Waals surface area contributed by atoms with Gasteiger partial charge in [0.05, 0.1) is 12.1 Å². The average molecular weight is 244 g/mol. The highest BCUT2D eigenvalue weighted by atomic mass is 16.2. The van der Waals surface area contributed by atoms with E-state index in [2.05, 4.69) is 10.5 Å². The van der Waals surface area contributed by atoms with E-state index in [1.165, 1.54) is 0 Å². The molecule has 2 N–H and O–H groups in total. The van der Waals surface area contributed by atoms with Crippen LogP contribution in [0.3, 0.4) is 0 Å². The van der Waals surface area contributed by atoms with E-state index in [4.69, 9.17) is 5.73 Å². The molecule has 0 bridgehead atoms. The molecule has 0 aliphatic carbocycles. The molecule has 0 saturated heterocycles. The van der Waals surface area contributed by atoms with Gasteiger partial charge in [-0.1, -0.05) is 31.2 Å². The normalized spacial score (nSPS) is 19.1. The van der Waals surface area contributed by atoms with Gasteiger partial charge in [0.15, 0.2) is 0 Å². The van der Waals surface area contributed by atoms with Crippen molar-refractivity contribution in [2.45, 2.75) is 19.8 Å². The second kappa shape index (κ2) is 5.00. The summed E-state index contributed by atoms with van der Waals surface area (Å²) in [5, 5.41) is 4.07. The Morgan fingerprint density at radius 3 is 2.67 bits per heavy atom. The van der Waals surface area contributed by atoms with Gasteiger partial charge >= 0.3 is 0 Å². The van der Waals surface area contributed by atoms with Crippen molar-refractivity contribution in [1.29, 1.82) is 0 Å². The zero-order valence-electron chi connectivity index (χ0n) is 10.1. The van der Waals surface area contributed by atoms with E-state index < -0.39 is 5.91 Å². The quantitative estimate of drug-likeness (QED) is 0.856. The molecule has 1 unspecified atom stereocenters. The molecule has 0 spiro atoms. The zero-order valence-corrected chi connectivity index (χ0v) is 10.1. The molecule has 1 radical (unpaired) electrons. The van der Waals surface area contributed by atoms with Crippen molar-refractivity contribution < 1.29 is 9.59 Å². The Hall–Kier alpha value is -2.17. The molecule has 18 heavy (non-hydrogen) atoms. The van der Waals surface area contributed by atoms with Gasteiger partial charge in [0, 0.05) is 12.3 Å². The molecule has 1 aromatic carbocycles. The van der Waals surface area contributed by atoms with Crippen molar-refractivity contribution in [3.8, 4) is 0 Å². The van der Waals surface area contributed by atoms with Crippen LogP contribution in [0.2, 0.25) is 0 Å². The maximum Gasteiger partial charge on any atom is 0.242 e. The van der Waals surface area contributed by atoms with Crippen molar-refractivity contribution in [2.24, 2.45) is 11.0 Å². The van der Waals surface area contributed by atoms with E-state index in [1.807, 2.05) is 31.2 Å². The summed E-state index contributed by atoms with van der Waals surface area (Å²) in [6.07, 6.45) is 0.560. The highest BCUT2D eigenvalue weighted by Gasteiger charge is 2.21. The first-order valence-corrected chi connectivity index (χ1v) is 5.76. The van der Waals surface area contributed by atoms with Crippen molar-refractivity contribution in [3.05, 3.63) is 35.4 Å². The number of hydrogen-bond donors (Lipinski definition) is 1. The Morgan fingerprint density at radius 2 is 2.11 bits per heavy atom. The molecule has 93 valence electrons. The largest absolute Gasteiger partial charge is 0.273 e. The maximum absolute atomic E-state index is 11.1. The van der Waals surface area contributed by atoms with Crippen LogP contribution in [0, 0.1) is 5.92 Å². The molecule has 2 amide bonds. The fourth-order valence-electron chi connectivity index (χ4n) is 1.98. The van der Waals surface area contributed by atoms with Crippen LogP contribution in [0.25, 0.3) is 0 Å². The standard InChI is InChI=1S/C13H14N3O2/c1-8-6-12(18)15-16-13(8)10-4-2-9(3-5-10)7-11(14)17/h2-5,8,14H,6-7H2,1H3,(H,15,18). The first kappa shape index (κ1) is 12.3. The topological polar surface area (TPSA) is 82.3 Å². The van der Waals surface area contributed by atoms with Gasteiger partial charge < -0.3 is 0 Å². The number of carbonyl (C=O) groups excluding carboxylic acids is 2. The molecule has 1 aliphatic rings. The van der Waals surface area contributed by atoms with Gasteiger partial charge in [0.1, 0.15) is 0 Å². The summed E-state index contributed by atoms with van der Waals surface area (Å²) in [4.78, 5) is 21.8. The summed E-state index contributed by atoms with van der Waals surface area (Å²) in [5.41, 5.74) is 12.0. The van der Waals surface area contributed by atoms with Gasteiger partial charge in [-0.05, 0) is 11.1 Å². The molecule has 1 heterocycles. The Kier molecular flexibility index (Phi) is 3.41. The van der Waals surface area contributed by atoms with Crippen molar-refractivity contribution in [1.82, 2.24) is 11.2 Å². The van der Waals surface area contributed by atoms with Crippen LogP contribution in [0.4, 0.5) is 0 Å². The summed E-state index contributed by atoms with van der Waals surface area (Å²) in [6.45, 7) is 1.96. The first-order valence-electron chi connectivity index (χ1n) is 5.76. The molecule has 1 atom stereocenters. The molecule has 5 nitrogen and oxygen atoms in total. The Morgan fingerprint density at radius 1 is 1.44 bits per heavy atom. The minimum absolute atomic E-state index is 0.0670. The fourth-order valence-corrected chi connectivity index (χ4v) is 1.98. The SMILES string of the molecule is CC1CC(=O)NN=C1c1ccc(CC([NH])=O)cc1. The van der Waals surface area contributed by atoms with Gasteiger partial charge in [0.2, 0.25) is 11.8 Å². The molecule has 1 aliphatic heterocycles. The van der Waals surface area contributed by atoms with Crippen LogP contribution in [-0.4, -0.2) is 17.5 Å². The summed E-state index contributed by atoms with van der Waals surface area (Å²) in [6, 6.07) is 7.36. The van der Waals surface area contributed by atoms with E-state index in [0.29, 0.717) is 6.42 Å². The van der Waals surface area contributed by atoms with Crippen LogP contribution in [-0.2, 0) is 16.0 Å². The summed E-state index contributed by atoms with van der Waals surface area (Å²) < 4.78 is 0. The summed E-state index contributed by atoms with van der Waals surface area (Å²) >= 11 is 0. The van der Waals surface area contributed by atoms with E-state index in [1.54, 1.807) is 0 Å². The number of rotatable bonds is 3. The van der Waals surface area contributed by atoms with Crippen molar-refractivity contribution >= 4 is 17.5 Å². The number of benzene rings is 1. The average Bonchev–Trinajstić information content (AvgIpc) is 2.30. The third kappa shape index (κ3) is 2.74. The lowest BCUT2D eigenvalue weighted by Gasteiger charge is -2.19. The number of nitrogens with zero attached hydrogens (tertiary/aromatic N) is 1. The van der Waals surface area contributed by atoms with Crippen molar-refractivity contribution in [3.63, 3.8) is 0 Å². The van der Waals surface area contributed by atoms with Crippen molar-refractivity contribution in [2.75, 3.05) is 0 Å². The maximum atomic E-state index is 11.1. The summed E-state index contributed by atoms with van der Waals surface area (Å²) in [7, 11) is 0. The van der Waals surface area contributed by atoms with Gasteiger partial charge in [0.25, 0.3) is 0 Å². The van der Waals surface area contributed by atoms with E-state index in [-0.39, 0.29) is 18.2 Å². The van der Waals surface area contributed by atoms with Gasteiger partial charge in [-0.15, -0.1) is 0 Å². The molecule has 5 heteroatoms. The second-order valence-electron chi connectivity index (χ2n) is 4.43. The number of carbonyl (C=O) groups is 2. The Bertz CT molecular complexity index is 505. The second-order valence-corrected chi connectivity index (χ2v) is 4.43. The minimum atomic E-state index is -0.599. The third-order valence-electron chi connectivity index (χ3n) is 2.87. The molecule has 0 saturated carbocycles. The lowest BCUT2D eigenvalue weighted by molar-refractivity contribution is -0.122. The van der Waals surface area contributed by atoms with E-state index >= 15 is 0 Å². The Labute approximate surface area is 105 Å². The number of hydrazone groups is 1. The van der Waals surface area contributed by atoms with Crippen LogP contribution in [0.15, 0.2) is 29.4 Å². The van der Waals surface area contributed by atoms with Gasteiger partial charge in [-0.2, -0.15) is 5.10 Å². The highest BCUT2D eigenvalue weighted by molar-refractivity contribution is 6.05. The molecule has 1 aromatic rings. The van der Waals surface area contributed by atoms with E-state index in [0.717, 1.165) is 16.8 Å². The summed E-state index contributed by atoms with van der Waals surface area (Å²) in [5.74, 6) is -0.580. The molecule has 0 fully saturated rings. The van der Waals surface area contributed by atoms with Crippen LogP contribution in [0.5, 0.6) is 0 Å². The van der Waals surface area contributed by atoms with Gasteiger partial charge in [-0.25, -0.2) is 5.43 Å².